The Morgan fingerprint density at radius 2 is 1.68 bits per heavy atom. The number of para-hydroxylation sites is 2. The summed E-state index contributed by atoms with van der Waals surface area (Å²) in [6.45, 7) is 0.952. The summed E-state index contributed by atoms with van der Waals surface area (Å²) in [5, 5.41) is 4.68. The molecule has 0 radical (unpaired) electrons. The molecular weight excluding hydrogens is 350 g/mol. The molecule has 2 aromatic heterocycles. The van der Waals surface area contributed by atoms with Crippen LogP contribution in [0.4, 0.5) is 0 Å². The maximum atomic E-state index is 12.9. The van der Waals surface area contributed by atoms with Crippen molar-refractivity contribution in [2.45, 2.75) is 31.2 Å². The van der Waals surface area contributed by atoms with Gasteiger partial charge in [0.25, 0.3) is 0 Å². The van der Waals surface area contributed by atoms with Crippen molar-refractivity contribution in [1.82, 2.24) is 14.9 Å². The predicted molar refractivity (Wildman–Crippen MR) is 107 cm³/mol. The minimum Gasteiger partial charge on any atom is -0.361 e. The van der Waals surface area contributed by atoms with Crippen molar-refractivity contribution in [3.8, 4) is 0 Å². The number of nitrogens with one attached hydrogen (secondary N) is 2. The van der Waals surface area contributed by atoms with Crippen molar-refractivity contribution in [3.63, 3.8) is 0 Å². The topological polar surface area (TPSA) is 66.9 Å². The number of rotatable bonds is 2. The standard InChI is InChI=1S/C23H19N3O2/c27-22-19(16-11-24-18-9-2-1-7-14(16)18)20(23(28)25-22)17-12-26-10-4-6-13-5-3-8-15(17)21(13)26/h1-3,5,7-9,11-12,19-20,24H,4,6,10H2,(H,25,27,28)/t19?,20-/m1/s1. The van der Waals surface area contributed by atoms with E-state index in [0.717, 1.165) is 46.8 Å². The zero-order chi connectivity index (χ0) is 18.8. The van der Waals surface area contributed by atoms with Crippen LogP contribution in [0.5, 0.6) is 0 Å². The molecule has 1 saturated heterocycles. The number of hydrogen-bond acceptors (Lipinski definition) is 2. The SMILES string of the molecule is O=C1NC(=O)[C@H](c2cn3c4c(cccc24)CCC3)C1c1c[nH]c2ccccc12. The lowest BCUT2D eigenvalue weighted by molar-refractivity contribution is -0.125. The Kier molecular flexibility index (Phi) is 3.13. The van der Waals surface area contributed by atoms with E-state index in [9.17, 15) is 9.59 Å². The van der Waals surface area contributed by atoms with Crippen LogP contribution in [0, 0.1) is 0 Å². The maximum Gasteiger partial charge on any atom is 0.235 e. The monoisotopic (exact) mass is 369 g/mol. The molecule has 2 N–H and O–H groups in total. The molecule has 0 spiro atoms. The number of carbonyl (C=O) groups is 2. The van der Waals surface area contributed by atoms with E-state index in [4.69, 9.17) is 0 Å². The molecular formula is C23H19N3O2. The summed E-state index contributed by atoms with van der Waals surface area (Å²) in [6.07, 6.45) is 6.13. The third-order valence-corrected chi connectivity index (χ3v) is 6.29. The summed E-state index contributed by atoms with van der Waals surface area (Å²) in [5.74, 6) is -1.45. The van der Waals surface area contributed by atoms with E-state index in [1.54, 1.807) is 0 Å². The highest BCUT2D eigenvalue weighted by Crippen LogP contribution is 2.44. The molecule has 138 valence electrons. The smallest absolute Gasteiger partial charge is 0.235 e. The van der Waals surface area contributed by atoms with Gasteiger partial charge < -0.3 is 9.55 Å². The summed E-state index contributed by atoms with van der Waals surface area (Å²) in [6, 6.07) is 14.2. The molecule has 28 heavy (non-hydrogen) atoms. The first kappa shape index (κ1) is 15.7. The average molecular weight is 369 g/mol. The molecule has 2 aliphatic heterocycles. The van der Waals surface area contributed by atoms with Gasteiger partial charge in [0.2, 0.25) is 11.8 Å². The van der Waals surface area contributed by atoms with Crippen molar-refractivity contribution >= 4 is 33.6 Å². The molecule has 0 bridgehead atoms. The normalized spacial score (nSPS) is 21.6. The third kappa shape index (κ3) is 2.01. The van der Waals surface area contributed by atoms with E-state index in [1.165, 1.54) is 11.1 Å². The molecule has 2 atom stereocenters. The second-order valence-corrected chi connectivity index (χ2v) is 7.79. The fraction of sp³-hybridized carbons (Fsp3) is 0.217. The van der Waals surface area contributed by atoms with Crippen LogP contribution in [0.25, 0.3) is 21.8 Å². The molecule has 0 aliphatic carbocycles. The number of fused-ring (bicyclic) bond motifs is 1. The van der Waals surface area contributed by atoms with Crippen LogP contribution in [0.1, 0.15) is 34.9 Å². The minimum atomic E-state index is -0.521. The fourth-order valence-corrected chi connectivity index (χ4v) is 5.10. The Balaban J connectivity index is 1.58. The second-order valence-electron chi connectivity index (χ2n) is 7.79. The molecule has 1 fully saturated rings. The first-order valence-electron chi connectivity index (χ1n) is 9.74. The van der Waals surface area contributed by atoms with Crippen LogP contribution in [-0.2, 0) is 22.6 Å². The number of aromatic amines is 1. The van der Waals surface area contributed by atoms with Crippen LogP contribution in [-0.4, -0.2) is 21.4 Å². The van der Waals surface area contributed by atoms with Crippen LogP contribution in [0.3, 0.4) is 0 Å². The fourth-order valence-electron chi connectivity index (χ4n) is 5.10. The van der Waals surface area contributed by atoms with E-state index in [1.807, 2.05) is 30.5 Å². The second kappa shape index (κ2) is 5.58. The number of benzene rings is 2. The van der Waals surface area contributed by atoms with E-state index in [-0.39, 0.29) is 11.8 Å². The average Bonchev–Trinajstić information content (AvgIpc) is 3.37. The third-order valence-electron chi connectivity index (χ3n) is 6.29. The van der Waals surface area contributed by atoms with Gasteiger partial charge in [-0.1, -0.05) is 36.4 Å². The van der Waals surface area contributed by atoms with Crippen LogP contribution < -0.4 is 5.32 Å². The Morgan fingerprint density at radius 3 is 2.57 bits per heavy atom. The number of aromatic nitrogens is 2. The minimum absolute atomic E-state index is 0.205. The first-order chi connectivity index (χ1) is 13.7. The van der Waals surface area contributed by atoms with Gasteiger partial charge in [0.1, 0.15) is 0 Å². The van der Waals surface area contributed by atoms with E-state index in [2.05, 4.69) is 39.3 Å². The Morgan fingerprint density at radius 1 is 0.893 bits per heavy atom. The summed E-state index contributed by atoms with van der Waals surface area (Å²) in [4.78, 5) is 29.0. The number of carbonyl (C=O) groups excluding carboxylic acids is 2. The van der Waals surface area contributed by atoms with Crippen LogP contribution in [0.15, 0.2) is 54.9 Å². The quantitative estimate of drug-likeness (QED) is 0.530. The number of aryl methyl sites for hydroxylation is 2. The van der Waals surface area contributed by atoms with Gasteiger partial charge in [0.15, 0.2) is 0 Å². The molecule has 5 nitrogen and oxygen atoms in total. The van der Waals surface area contributed by atoms with Crippen molar-refractivity contribution < 1.29 is 9.59 Å². The Bertz CT molecular complexity index is 1280. The van der Waals surface area contributed by atoms with Gasteiger partial charge in [0.05, 0.1) is 17.4 Å². The lowest BCUT2D eigenvalue weighted by Crippen LogP contribution is -2.21. The number of nitrogens with zero attached hydrogens (tertiary/aromatic N) is 1. The highest BCUT2D eigenvalue weighted by atomic mass is 16.2. The molecule has 5 heteroatoms. The summed E-state index contributed by atoms with van der Waals surface area (Å²) >= 11 is 0. The Hall–Kier alpha value is -3.34. The van der Waals surface area contributed by atoms with Crippen molar-refractivity contribution in [2.24, 2.45) is 0 Å². The van der Waals surface area contributed by atoms with Gasteiger partial charge in [-0.2, -0.15) is 0 Å². The number of amides is 2. The highest BCUT2D eigenvalue weighted by molar-refractivity contribution is 6.13. The van der Waals surface area contributed by atoms with Gasteiger partial charge in [0, 0.05) is 35.2 Å². The van der Waals surface area contributed by atoms with E-state index >= 15 is 0 Å². The van der Waals surface area contributed by atoms with Gasteiger partial charge in [-0.15, -0.1) is 0 Å². The molecule has 2 amide bonds. The molecule has 2 aromatic carbocycles. The van der Waals surface area contributed by atoms with Gasteiger partial charge in [-0.05, 0) is 35.6 Å². The van der Waals surface area contributed by atoms with Crippen LogP contribution in [0.2, 0.25) is 0 Å². The largest absolute Gasteiger partial charge is 0.361 e. The lowest BCUT2D eigenvalue weighted by Gasteiger charge is -2.15. The van der Waals surface area contributed by atoms with Crippen molar-refractivity contribution in [3.05, 3.63) is 71.5 Å². The van der Waals surface area contributed by atoms with E-state index in [0.29, 0.717) is 0 Å². The molecule has 6 rings (SSSR count). The summed E-state index contributed by atoms with van der Waals surface area (Å²) < 4.78 is 2.26. The molecule has 0 saturated carbocycles. The molecule has 4 heterocycles. The van der Waals surface area contributed by atoms with Gasteiger partial charge in [-0.3, -0.25) is 14.9 Å². The number of imide groups is 1. The highest BCUT2D eigenvalue weighted by Gasteiger charge is 2.45. The number of hydrogen-bond donors (Lipinski definition) is 2. The predicted octanol–water partition coefficient (Wildman–Crippen LogP) is 3.59. The maximum absolute atomic E-state index is 12.9. The van der Waals surface area contributed by atoms with Crippen LogP contribution >= 0.6 is 0 Å². The van der Waals surface area contributed by atoms with E-state index < -0.39 is 11.8 Å². The Labute approximate surface area is 161 Å². The molecule has 2 aliphatic rings. The molecule has 1 unspecified atom stereocenters. The van der Waals surface area contributed by atoms with Crippen molar-refractivity contribution in [2.75, 3.05) is 0 Å². The summed E-state index contributed by atoms with van der Waals surface area (Å²) in [7, 11) is 0. The lowest BCUT2D eigenvalue weighted by atomic mass is 9.83. The van der Waals surface area contributed by atoms with Gasteiger partial charge >= 0.3 is 0 Å². The molecule has 4 aromatic rings. The zero-order valence-electron chi connectivity index (χ0n) is 15.2. The number of H-pyrrole nitrogens is 1. The zero-order valence-corrected chi connectivity index (χ0v) is 15.2. The summed E-state index contributed by atoms with van der Waals surface area (Å²) in [5.41, 5.74) is 5.36. The van der Waals surface area contributed by atoms with Crippen molar-refractivity contribution in [1.29, 1.82) is 0 Å². The van der Waals surface area contributed by atoms with Gasteiger partial charge in [-0.25, -0.2) is 0 Å². The first-order valence-corrected chi connectivity index (χ1v) is 9.74.